The molecule has 1 atom stereocenters. The molecule has 2 aromatic heterocycles. The van der Waals surface area contributed by atoms with Gasteiger partial charge in [0, 0.05) is 23.9 Å². The van der Waals surface area contributed by atoms with Gasteiger partial charge in [0.25, 0.3) is 0 Å². The number of likely N-dealkylation sites (tertiary alicyclic amines) is 1. The fourth-order valence-corrected chi connectivity index (χ4v) is 2.77. The predicted molar refractivity (Wildman–Crippen MR) is 73.1 cm³/mol. The molecule has 2 aromatic rings. The maximum atomic E-state index is 5.55. The summed E-state index contributed by atoms with van der Waals surface area (Å²) in [6.07, 6.45) is 6.01. The van der Waals surface area contributed by atoms with Gasteiger partial charge in [-0.1, -0.05) is 0 Å². The number of pyridine rings is 1. The number of aromatic nitrogens is 1. The van der Waals surface area contributed by atoms with E-state index in [1.807, 2.05) is 24.4 Å². The fourth-order valence-electron chi connectivity index (χ4n) is 2.77. The Bertz CT molecular complexity index is 551. The second-order valence-electron chi connectivity index (χ2n) is 4.93. The average molecular weight is 258 g/mol. The minimum Gasteiger partial charge on any atom is -0.481 e. The first kappa shape index (κ1) is 12.2. The first-order valence-electron chi connectivity index (χ1n) is 6.57. The van der Waals surface area contributed by atoms with Crippen LogP contribution < -0.4 is 4.74 Å². The van der Waals surface area contributed by atoms with Gasteiger partial charge in [-0.15, -0.1) is 0 Å². The smallest absolute Gasteiger partial charge is 0.213 e. The zero-order valence-corrected chi connectivity index (χ0v) is 11.3. The highest BCUT2D eigenvalue weighted by atomic mass is 16.5. The predicted octanol–water partition coefficient (Wildman–Crippen LogP) is 3.12. The van der Waals surface area contributed by atoms with Crippen LogP contribution in [0.3, 0.4) is 0 Å². The number of rotatable bonds is 3. The van der Waals surface area contributed by atoms with E-state index in [9.17, 15) is 0 Å². The summed E-state index contributed by atoms with van der Waals surface area (Å²) in [6.45, 7) is 1.13. The van der Waals surface area contributed by atoms with E-state index in [4.69, 9.17) is 9.15 Å². The van der Waals surface area contributed by atoms with Crippen LogP contribution in [0.15, 0.2) is 35.1 Å². The zero-order valence-electron chi connectivity index (χ0n) is 11.3. The van der Waals surface area contributed by atoms with Crippen LogP contribution in [-0.4, -0.2) is 30.6 Å². The highest BCUT2D eigenvalue weighted by Crippen LogP contribution is 2.37. The molecule has 3 heterocycles. The molecule has 1 saturated heterocycles. The van der Waals surface area contributed by atoms with Crippen molar-refractivity contribution in [2.24, 2.45) is 0 Å². The van der Waals surface area contributed by atoms with Gasteiger partial charge in [0.05, 0.1) is 13.4 Å². The summed E-state index contributed by atoms with van der Waals surface area (Å²) in [5, 5.41) is 0. The number of methoxy groups -OCH3 is 1. The monoisotopic (exact) mass is 258 g/mol. The first-order valence-corrected chi connectivity index (χ1v) is 6.57. The van der Waals surface area contributed by atoms with Crippen molar-refractivity contribution < 1.29 is 9.15 Å². The molecule has 0 amide bonds. The van der Waals surface area contributed by atoms with Gasteiger partial charge in [0.15, 0.2) is 0 Å². The van der Waals surface area contributed by atoms with Gasteiger partial charge in [-0.25, -0.2) is 4.98 Å². The molecule has 0 aromatic carbocycles. The second-order valence-corrected chi connectivity index (χ2v) is 4.93. The molecule has 19 heavy (non-hydrogen) atoms. The van der Waals surface area contributed by atoms with Gasteiger partial charge in [-0.3, -0.25) is 4.90 Å². The van der Waals surface area contributed by atoms with E-state index in [1.54, 1.807) is 13.4 Å². The van der Waals surface area contributed by atoms with E-state index >= 15 is 0 Å². The molecule has 3 rings (SSSR count). The Morgan fingerprint density at radius 2 is 2.37 bits per heavy atom. The Labute approximate surface area is 113 Å². The number of hydrogen-bond donors (Lipinski definition) is 0. The third-order valence-corrected chi connectivity index (χ3v) is 3.78. The molecule has 100 valence electrons. The second kappa shape index (κ2) is 5.05. The Morgan fingerprint density at radius 3 is 3.00 bits per heavy atom. The zero-order chi connectivity index (χ0) is 13.2. The summed E-state index contributed by atoms with van der Waals surface area (Å²) in [5.74, 6) is 1.49. The molecular formula is C15H18N2O2. The van der Waals surface area contributed by atoms with Crippen molar-refractivity contribution in [1.29, 1.82) is 0 Å². The van der Waals surface area contributed by atoms with Crippen LogP contribution in [0.1, 0.15) is 24.4 Å². The van der Waals surface area contributed by atoms with E-state index in [0.29, 0.717) is 11.9 Å². The Balaban J connectivity index is 2.08. The lowest BCUT2D eigenvalue weighted by molar-refractivity contribution is 0.316. The maximum Gasteiger partial charge on any atom is 0.213 e. The van der Waals surface area contributed by atoms with Crippen molar-refractivity contribution in [2.75, 3.05) is 20.7 Å². The average Bonchev–Trinajstić information content (AvgIpc) is 3.09. The third kappa shape index (κ3) is 2.24. The van der Waals surface area contributed by atoms with Crippen LogP contribution in [-0.2, 0) is 0 Å². The summed E-state index contributed by atoms with van der Waals surface area (Å²) in [4.78, 5) is 6.73. The van der Waals surface area contributed by atoms with Crippen molar-refractivity contribution in [1.82, 2.24) is 9.88 Å². The van der Waals surface area contributed by atoms with E-state index in [-0.39, 0.29) is 0 Å². The van der Waals surface area contributed by atoms with Crippen LogP contribution in [0.25, 0.3) is 11.3 Å². The van der Waals surface area contributed by atoms with Crippen molar-refractivity contribution in [3.8, 4) is 17.2 Å². The highest BCUT2D eigenvalue weighted by molar-refractivity contribution is 5.63. The van der Waals surface area contributed by atoms with Gasteiger partial charge < -0.3 is 9.15 Å². The van der Waals surface area contributed by atoms with E-state index in [1.165, 1.54) is 12.0 Å². The molecule has 0 unspecified atom stereocenters. The summed E-state index contributed by atoms with van der Waals surface area (Å²) >= 11 is 0. The largest absolute Gasteiger partial charge is 0.481 e. The lowest BCUT2D eigenvalue weighted by Crippen LogP contribution is -2.18. The van der Waals surface area contributed by atoms with Gasteiger partial charge in [-0.2, -0.15) is 0 Å². The Kier molecular flexibility index (Phi) is 3.25. The number of furan rings is 1. The quantitative estimate of drug-likeness (QED) is 0.848. The lowest BCUT2D eigenvalue weighted by Gasteiger charge is -2.22. The molecule has 0 aliphatic carbocycles. The fraction of sp³-hybridized carbons (Fsp3) is 0.400. The SMILES string of the molecule is COc1cc(-c2ccco2)c([C@@H]2CCCN2C)cn1. The molecule has 1 fully saturated rings. The van der Waals surface area contributed by atoms with Gasteiger partial charge in [0.1, 0.15) is 5.76 Å². The van der Waals surface area contributed by atoms with E-state index in [0.717, 1.165) is 24.3 Å². The molecular weight excluding hydrogens is 240 g/mol. The van der Waals surface area contributed by atoms with E-state index in [2.05, 4.69) is 16.9 Å². The third-order valence-electron chi connectivity index (χ3n) is 3.78. The van der Waals surface area contributed by atoms with Crippen LogP contribution in [0.5, 0.6) is 5.88 Å². The van der Waals surface area contributed by atoms with Crippen LogP contribution >= 0.6 is 0 Å². The summed E-state index contributed by atoms with van der Waals surface area (Å²) in [5.41, 5.74) is 2.30. The molecule has 0 spiro atoms. The molecule has 0 N–H and O–H groups in total. The Hall–Kier alpha value is -1.81. The first-order chi connectivity index (χ1) is 9.29. The number of nitrogens with zero attached hydrogens (tertiary/aromatic N) is 2. The normalized spacial score (nSPS) is 19.8. The topological polar surface area (TPSA) is 38.5 Å². The number of ether oxygens (including phenoxy) is 1. The molecule has 0 radical (unpaired) electrons. The minimum atomic E-state index is 0.415. The molecule has 1 aliphatic rings. The highest BCUT2D eigenvalue weighted by Gasteiger charge is 2.26. The minimum absolute atomic E-state index is 0.415. The maximum absolute atomic E-state index is 5.55. The van der Waals surface area contributed by atoms with Crippen molar-refractivity contribution in [3.05, 3.63) is 36.2 Å². The van der Waals surface area contributed by atoms with Crippen molar-refractivity contribution in [3.63, 3.8) is 0 Å². The van der Waals surface area contributed by atoms with Crippen LogP contribution in [0.2, 0.25) is 0 Å². The molecule has 4 heteroatoms. The van der Waals surface area contributed by atoms with Crippen molar-refractivity contribution >= 4 is 0 Å². The molecule has 0 saturated carbocycles. The molecule has 4 nitrogen and oxygen atoms in total. The van der Waals surface area contributed by atoms with Crippen LogP contribution in [0.4, 0.5) is 0 Å². The molecule has 0 bridgehead atoms. The van der Waals surface area contributed by atoms with Crippen LogP contribution in [0, 0.1) is 0 Å². The standard InChI is InChI=1S/C15H18N2O2/c1-17-7-3-5-13(17)12-10-16-15(18-2)9-11(12)14-6-4-8-19-14/h4,6,8-10,13H,3,5,7H2,1-2H3/t13-/m0/s1. The summed E-state index contributed by atoms with van der Waals surface area (Å²) < 4.78 is 10.8. The van der Waals surface area contributed by atoms with Gasteiger partial charge in [0.2, 0.25) is 5.88 Å². The number of hydrogen-bond acceptors (Lipinski definition) is 4. The Morgan fingerprint density at radius 1 is 1.47 bits per heavy atom. The molecule has 1 aliphatic heterocycles. The summed E-state index contributed by atoms with van der Waals surface area (Å²) in [7, 11) is 3.80. The van der Waals surface area contributed by atoms with Gasteiger partial charge >= 0.3 is 0 Å². The van der Waals surface area contributed by atoms with E-state index < -0.39 is 0 Å². The lowest BCUT2D eigenvalue weighted by atomic mass is 9.99. The van der Waals surface area contributed by atoms with Gasteiger partial charge in [-0.05, 0) is 44.1 Å². The van der Waals surface area contributed by atoms with Crippen molar-refractivity contribution in [2.45, 2.75) is 18.9 Å². The summed E-state index contributed by atoms with van der Waals surface area (Å²) in [6, 6.07) is 6.26.